The summed E-state index contributed by atoms with van der Waals surface area (Å²) >= 11 is 1.19. The van der Waals surface area contributed by atoms with Crippen LogP contribution in [0.2, 0.25) is 0 Å². The van der Waals surface area contributed by atoms with Crippen molar-refractivity contribution in [3.05, 3.63) is 120 Å². The van der Waals surface area contributed by atoms with Gasteiger partial charge in [0.2, 0.25) is 0 Å². The fourth-order valence-electron chi connectivity index (χ4n) is 4.69. The summed E-state index contributed by atoms with van der Waals surface area (Å²) in [4.78, 5) is 31.7. The lowest BCUT2D eigenvalue weighted by atomic mass is 9.96. The maximum atomic E-state index is 14.1. The molecule has 216 valence electrons. The summed E-state index contributed by atoms with van der Waals surface area (Å²) in [7, 11) is 4.34. The van der Waals surface area contributed by atoms with Crippen molar-refractivity contribution < 1.29 is 32.5 Å². The van der Waals surface area contributed by atoms with Crippen molar-refractivity contribution in [3.8, 4) is 17.2 Å². The normalized spacial score (nSPS) is 14.7. The molecule has 0 aliphatic carbocycles. The monoisotopic (exact) mass is 592 g/mol. The molecule has 42 heavy (non-hydrogen) atoms. The lowest BCUT2D eigenvalue weighted by Gasteiger charge is -2.24. The Morgan fingerprint density at radius 3 is 2.40 bits per heavy atom. The summed E-state index contributed by atoms with van der Waals surface area (Å²) in [6, 6.07) is 14.6. The van der Waals surface area contributed by atoms with Crippen molar-refractivity contribution in [1.82, 2.24) is 4.57 Å². The van der Waals surface area contributed by atoms with Gasteiger partial charge >= 0.3 is 5.97 Å². The summed E-state index contributed by atoms with van der Waals surface area (Å²) in [5.74, 6) is -1.08. The van der Waals surface area contributed by atoms with Gasteiger partial charge in [-0.15, -0.1) is 0 Å². The third kappa shape index (κ3) is 5.55. The summed E-state index contributed by atoms with van der Waals surface area (Å²) in [5.41, 5.74) is 2.31. The van der Waals surface area contributed by atoms with Crippen LogP contribution in [0.25, 0.3) is 6.08 Å². The second-order valence-corrected chi connectivity index (χ2v) is 10.3. The topological polar surface area (TPSA) is 88.4 Å². The number of nitrogens with zero attached hydrogens (tertiary/aromatic N) is 2. The molecule has 0 N–H and O–H groups in total. The number of thiazole rings is 1. The van der Waals surface area contributed by atoms with Gasteiger partial charge in [-0.25, -0.2) is 18.6 Å². The van der Waals surface area contributed by atoms with Crippen molar-refractivity contribution in [3.63, 3.8) is 0 Å². The van der Waals surface area contributed by atoms with Gasteiger partial charge in [0.15, 0.2) is 16.4 Å². The number of hydrogen-bond acceptors (Lipinski definition) is 8. The van der Waals surface area contributed by atoms with Crippen LogP contribution >= 0.6 is 11.3 Å². The lowest BCUT2D eigenvalue weighted by molar-refractivity contribution is -0.136. The van der Waals surface area contributed by atoms with Crippen LogP contribution in [-0.4, -0.2) is 31.9 Å². The van der Waals surface area contributed by atoms with Crippen LogP contribution in [0.4, 0.5) is 8.78 Å². The van der Waals surface area contributed by atoms with E-state index in [1.165, 1.54) is 36.2 Å². The third-order valence-electron chi connectivity index (χ3n) is 6.74. The lowest BCUT2D eigenvalue weighted by Crippen LogP contribution is -2.39. The van der Waals surface area contributed by atoms with Gasteiger partial charge in [-0.2, -0.15) is 0 Å². The van der Waals surface area contributed by atoms with Crippen LogP contribution in [0.3, 0.4) is 0 Å². The second-order valence-electron chi connectivity index (χ2n) is 9.28. The highest BCUT2D eigenvalue weighted by Crippen LogP contribution is 2.31. The minimum absolute atomic E-state index is 0.0617. The van der Waals surface area contributed by atoms with Crippen molar-refractivity contribution in [2.75, 3.05) is 21.3 Å². The van der Waals surface area contributed by atoms with Gasteiger partial charge in [0.25, 0.3) is 5.56 Å². The highest BCUT2D eigenvalue weighted by molar-refractivity contribution is 7.07. The van der Waals surface area contributed by atoms with E-state index in [4.69, 9.17) is 18.9 Å². The fraction of sp³-hybridized carbons (Fsp3) is 0.194. The van der Waals surface area contributed by atoms with Gasteiger partial charge in [0.05, 0.1) is 43.2 Å². The standard InChI is InChI=1S/C31H26F2N2O6S/c1-17-27(30(37)40-4)28(19-6-9-22(38-2)10-7-19)35-29(36)26(42-31(35)34-17)14-18-5-11-24(39-3)20(13-18)16-41-25-12-8-21(32)15-23(25)33/h5-15,28H,16H2,1-4H3/b26-14-. The Labute approximate surface area is 243 Å². The quantitative estimate of drug-likeness (QED) is 0.284. The number of fused-ring (bicyclic) bond motifs is 1. The van der Waals surface area contributed by atoms with E-state index in [-0.39, 0.29) is 23.5 Å². The van der Waals surface area contributed by atoms with E-state index in [1.807, 2.05) is 0 Å². The van der Waals surface area contributed by atoms with Crippen molar-refractivity contribution in [2.24, 2.45) is 4.99 Å². The molecule has 0 bridgehead atoms. The van der Waals surface area contributed by atoms with E-state index in [9.17, 15) is 18.4 Å². The minimum atomic E-state index is -0.820. The summed E-state index contributed by atoms with van der Waals surface area (Å²) in [5, 5.41) is 0. The average molecular weight is 593 g/mol. The molecule has 0 spiro atoms. The first-order chi connectivity index (χ1) is 20.2. The Balaban J connectivity index is 1.57. The Morgan fingerprint density at radius 1 is 1.00 bits per heavy atom. The molecule has 0 saturated heterocycles. The van der Waals surface area contributed by atoms with Gasteiger partial charge < -0.3 is 18.9 Å². The molecule has 1 aromatic heterocycles. The molecule has 11 heteroatoms. The summed E-state index contributed by atoms with van der Waals surface area (Å²) in [6.07, 6.45) is 1.70. The molecule has 0 amide bonds. The van der Waals surface area contributed by atoms with Gasteiger partial charge in [0, 0.05) is 11.6 Å². The molecule has 1 aliphatic heterocycles. The van der Waals surface area contributed by atoms with E-state index in [0.717, 1.165) is 12.1 Å². The van der Waals surface area contributed by atoms with Crippen molar-refractivity contribution in [2.45, 2.75) is 19.6 Å². The number of ether oxygens (including phenoxy) is 4. The molecule has 1 unspecified atom stereocenters. The van der Waals surface area contributed by atoms with Crippen LogP contribution in [0.5, 0.6) is 17.2 Å². The van der Waals surface area contributed by atoms with E-state index >= 15 is 0 Å². The van der Waals surface area contributed by atoms with E-state index in [0.29, 0.717) is 43.2 Å². The van der Waals surface area contributed by atoms with Crippen molar-refractivity contribution >= 4 is 23.4 Å². The van der Waals surface area contributed by atoms with Gasteiger partial charge in [0.1, 0.15) is 23.9 Å². The van der Waals surface area contributed by atoms with Crippen LogP contribution < -0.4 is 29.1 Å². The highest BCUT2D eigenvalue weighted by atomic mass is 32.1. The van der Waals surface area contributed by atoms with Crippen LogP contribution in [0.1, 0.15) is 29.7 Å². The Hall–Kier alpha value is -4.77. The number of rotatable bonds is 8. The van der Waals surface area contributed by atoms with Gasteiger partial charge in [-0.05, 0) is 60.5 Å². The third-order valence-corrected chi connectivity index (χ3v) is 7.72. The van der Waals surface area contributed by atoms with E-state index in [2.05, 4.69) is 4.99 Å². The van der Waals surface area contributed by atoms with Gasteiger partial charge in [-0.3, -0.25) is 9.36 Å². The number of halogens is 2. The molecule has 1 atom stereocenters. The number of carbonyl (C=O) groups excluding carboxylic acids is 1. The van der Waals surface area contributed by atoms with E-state index < -0.39 is 23.6 Å². The number of esters is 1. The predicted octanol–water partition coefficient (Wildman–Crippen LogP) is 4.28. The second kappa shape index (κ2) is 12.0. The van der Waals surface area contributed by atoms with Gasteiger partial charge in [-0.1, -0.05) is 29.5 Å². The smallest absolute Gasteiger partial charge is 0.338 e. The summed E-state index contributed by atoms with van der Waals surface area (Å²) in [6.45, 7) is 1.65. The molecule has 5 rings (SSSR count). The SMILES string of the molecule is COC(=O)C1=C(C)N=c2s/c(=C\c3ccc(OC)c(COc4ccc(F)cc4F)c3)c(=O)n2C1c1ccc(OC)cc1. The minimum Gasteiger partial charge on any atom is -0.497 e. The maximum absolute atomic E-state index is 14.1. The zero-order chi connectivity index (χ0) is 30.0. The molecule has 0 fully saturated rings. The van der Waals surface area contributed by atoms with E-state index in [1.54, 1.807) is 62.6 Å². The molecule has 0 saturated carbocycles. The predicted molar refractivity (Wildman–Crippen MR) is 152 cm³/mol. The van der Waals surface area contributed by atoms with Crippen LogP contribution in [0, 0.1) is 11.6 Å². The Bertz CT molecular complexity index is 1880. The number of hydrogen-bond donors (Lipinski definition) is 0. The zero-order valence-electron chi connectivity index (χ0n) is 23.1. The number of benzene rings is 3. The Kier molecular flexibility index (Phi) is 8.21. The fourth-order valence-corrected chi connectivity index (χ4v) is 5.74. The first-order valence-electron chi connectivity index (χ1n) is 12.7. The number of methoxy groups -OCH3 is 3. The highest BCUT2D eigenvalue weighted by Gasteiger charge is 2.33. The number of aromatic nitrogens is 1. The number of carbonyl (C=O) groups is 1. The molecular formula is C31H26F2N2O6S. The summed E-state index contributed by atoms with van der Waals surface area (Å²) < 4.78 is 50.6. The zero-order valence-corrected chi connectivity index (χ0v) is 24.0. The Morgan fingerprint density at radius 2 is 1.74 bits per heavy atom. The molecule has 0 radical (unpaired) electrons. The molecule has 8 nitrogen and oxygen atoms in total. The van der Waals surface area contributed by atoms with Crippen LogP contribution in [-0.2, 0) is 16.1 Å². The van der Waals surface area contributed by atoms with Crippen LogP contribution in [0.15, 0.2) is 81.7 Å². The molecule has 3 aromatic carbocycles. The molecule has 4 aromatic rings. The largest absolute Gasteiger partial charge is 0.497 e. The molecule has 1 aliphatic rings. The average Bonchev–Trinajstić information content (AvgIpc) is 3.29. The first kappa shape index (κ1) is 28.7. The maximum Gasteiger partial charge on any atom is 0.338 e. The number of allylic oxidation sites excluding steroid dienone is 1. The molecule has 2 heterocycles. The molecular weight excluding hydrogens is 566 g/mol. The van der Waals surface area contributed by atoms with Crippen molar-refractivity contribution in [1.29, 1.82) is 0 Å². The first-order valence-corrected chi connectivity index (χ1v) is 13.5.